The maximum atomic E-state index is 12.4. The zero-order valence-corrected chi connectivity index (χ0v) is 13.5. The summed E-state index contributed by atoms with van der Waals surface area (Å²) in [5, 5.41) is 4.26. The van der Waals surface area contributed by atoms with Crippen molar-refractivity contribution in [3.63, 3.8) is 0 Å². The summed E-state index contributed by atoms with van der Waals surface area (Å²) in [7, 11) is 0. The topological polar surface area (TPSA) is 62.0 Å². The standard InChI is InChI=1S/C18H24N2O2/c1-12(2)7-6-8-13(3)20-18(22)16-11-19-17(21)15-10-5-4-9-14(15)16/h4-5,9-13H,6-8H2,1-3H3,(H,19,21)(H,20,22). The first-order valence-electron chi connectivity index (χ1n) is 7.90. The smallest absolute Gasteiger partial charge is 0.255 e. The van der Waals surface area contributed by atoms with Gasteiger partial charge in [0.2, 0.25) is 0 Å². The van der Waals surface area contributed by atoms with Crippen molar-refractivity contribution in [1.82, 2.24) is 10.3 Å². The van der Waals surface area contributed by atoms with Crippen LogP contribution in [-0.4, -0.2) is 16.9 Å². The minimum Gasteiger partial charge on any atom is -0.350 e. The van der Waals surface area contributed by atoms with Gasteiger partial charge in [0.05, 0.1) is 5.56 Å². The van der Waals surface area contributed by atoms with Crippen molar-refractivity contribution >= 4 is 16.7 Å². The molecule has 0 spiro atoms. The number of aromatic nitrogens is 1. The quantitative estimate of drug-likeness (QED) is 0.858. The second-order valence-corrected chi connectivity index (χ2v) is 6.28. The van der Waals surface area contributed by atoms with Gasteiger partial charge in [0.15, 0.2) is 0 Å². The Bertz CT molecular complexity index is 704. The summed E-state index contributed by atoms with van der Waals surface area (Å²) >= 11 is 0. The van der Waals surface area contributed by atoms with Crippen LogP contribution in [0, 0.1) is 5.92 Å². The number of amides is 1. The number of carbonyl (C=O) groups excluding carboxylic acids is 1. The van der Waals surface area contributed by atoms with Gasteiger partial charge in [-0.15, -0.1) is 0 Å². The van der Waals surface area contributed by atoms with E-state index in [1.165, 1.54) is 12.6 Å². The Kier molecular flexibility index (Phi) is 5.36. The van der Waals surface area contributed by atoms with E-state index < -0.39 is 0 Å². The summed E-state index contributed by atoms with van der Waals surface area (Å²) in [6.45, 7) is 6.43. The van der Waals surface area contributed by atoms with Crippen molar-refractivity contribution < 1.29 is 4.79 Å². The highest BCUT2D eigenvalue weighted by molar-refractivity contribution is 6.06. The van der Waals surface area contributed by atoms with E-state index in [1.54, 1.807) is 12.1 Å². The van der Waals surface area contributed by atoms with Crippen LogP contribution in [0.3, 0.4) is 0 Å². The van der Waals surface area contributed by atoms with Gasteiger partial charge in [-0.1, -0.05) is 44.9 Å². The molecule has 1 aromatic carbocycles. The molecule has 1 atom stereocenters. The Labute approximate surface area is 130 Å². The molecule has 1 heterocycles. The van der Waals surface area contributed by atoms with Crippen molar-refractivity contribution in [1.29, 1.82) is 0 Å². The molecular formula is C18H24N2O2. The fraction of sp³-hybridized carbons (Fsp3) is 0.444. The van der Waals surface area contributed by atoms with Crippen molar-refractivity contribution in [2.45, 2.75) is 46.1 Å². The van der Waals surface area contributed by atoms with Crippen LogP contribution in [0.1, 0.15) is 50.4 Å². The van der Waals surface area contributed by atoms with E-state index in [1.807, 2.05) is 19.1 Å². The summed E-state index contributed by atoms with van der Waals surface area (Å²) in [6.07, 6.45) is 4.74. The number of nitrogens with one attached hydrogen (secondary N) is 2. The van der Waals surface area contributed by atoms with E-state index in [4.69, 9.17) is 0 Å². The van der Waals surface area contributed by atoms with Gasteiger partial charge >= 0.3 is 0 Å². The number of hydrogen-bond donors (Lipinski definition) is 2. The maximum Gasteiger partial charge on any atom is 0.255 e. The summed E-state index contributed by atoms with van der Waals surface area (Å²) < 4.78 is 0. The van der Waals surface area contributed by atoms with Gasteiger partial charge in [0.1, 0.15) is 0 Å². The first-order chi connectivity index (χ1) is 10.5. The van der Waals surface area contributed by atoms with Gasteiger partial charge in [0, 0.05) is 23.0 Å². The molecule has 0 bridgehead atoms. The highest BCUT2D eigenvalue weighted by atomic mass is 16.2. The Balaban J connectivity index is 2.10. The molecule has 2 N–H and O–H groups in total. The molecule has 118 valence electrons. The van der Waals surface area contributed by atoms with Gasteiger partial charge in [-0.2, -0.15) is 0 Å². The monoisotopic (exact) mass is 300 g/mol. The van der Waals surface area contributed by atoms with E-state index in [0.29, 0.717) is 22.3 Å². The third-order valence-electron chi connectivity index (χ3n) is 3.85. The SMILES string of the molecule is CC(C)CCCC(C)NC(=O)c1c[nH]c(=O)c2ccccc12. The fourth-order valence-corrected chi connectivity index (χ4v) is 2.60. The molecule has 0 fully saturated rings. The lowest BCUT2D eigenvalue weighted by Gasteiger charge is -2.15. The van der Waals surface area contributed by atoms with E-state index in [9.17, 15) is 9.59 Å². The Morgan fingerprint density at radius 3 is 2.50 bits per heavy atom. The van der Waals surface area contributed by atoms with Crippen LogP contribution in [-0.2, 0) is 0 Å². The maximum absolute atomic E-state index is 12.4. The lowest BCUT2D eigenvalue weighted by Crippen LogP contribution is -2.33. The first-order valence-corrected chi connectivity index (χ1v) is 7.90. The van der Waals surface area contributed by atoms with E-state index in [-0.39, 0.29) is 17.5 Å². The van der Waals surface area contributed by atoms with E-state index >= 15 is 0 Å². The van der Waals surface area contributed by atoms with E-state index in [0.717, 1.165) is 12.8 Å². The Morgan fingerprint density at radius 1 is 1.14 bits per heavy atom. The second-order valence-electron chi connectivity index (χ2n) is 6.28. The zero-order valence-electron chi connectivity index (χ0n) is 13.5. The second kappa shape index (κ2) is 7.25. The third kappa shape index (κ3) is 3.97. The van der Waals surface area contributed by atoms with Crippen LogP contribution in [0.25, 0.3) is 10.8 Å². The first kappa shape index (κ1) is 16.3. The normalized spacial score (nSPS) is 12.5. The average molecular weight is 300 g/mol. The van der Waals surface area contributed by atoms with Gasteiger partial charge in [-0.25, -0.2) is 0 Å². The number of pyridine rings is 1. The molecule has 0 radical (unpaired) electrons. The number of hydrogen-bond acceptors (Lipinski definition) is 2. The van der Waals surface area contributed by atoms with Crippen molar-refractivity contribution in [2.75, 3.05) is 0 Å². The lowest BCUT2D eigenvalue weighted by molar-refractivity contribution is 0.0939. The molecule has 2 aromatic rings. The van der Waals surface area contributed by atoms with Gasteiger partial charge in [-0.05, 0) is 25.3 Å². The summed E-state index contributed by atoms with van der Waals surface area (Å²) in [6, 6.07) is 7.30. The predicted octanol–water partition coefficient (Wildman–Crippen LogP) is 3.47. The molecule has 1 unspecified atom stereocenters. The van der Waals surface area contributed by atoms with Crippen LogP contribution in [0.15, 0.2) is 35.3 Å². The molecular weight excluding hydrogens is 276 g/mol. The molecule has 0 saturated heterocycles. The number of aromatic amines is 1. The fourth-order valence-electron chi connectivity index (χ4n) is 2.60. The molecule has 1 aromatic heterocycles. The molecule has 4 nitrogen and oxygen atoms in total. The van der Waals surface area contributed by atoms with Crippen LogP contribution < -0.4 is 10.9 Å². The third-order valence-corrected chi connectivity index (χ3v) is 3.85. The number of carbonyl (C=O) groups is 1. The molecule has 22 heavy (non-hydrogen) atoms. The molecule has 0 saturated carbocycles. The lowest BCUT2D eigenvalue weighted by atomic mass is 10.0. The minimum absolute atomic E-state index is 0.122. The van der Waals surface area contributed by atoms with E-state index in [2.05, 4.69) is 24.1 Å². The zero-order chi connectivity index (χ0) is 16.1. The summed E-state index contributed by atoms with van der Waals surface area (Å²) in [5.74, 6) is 0.551. The number of fused-ring (bicyclic) bond motifs is 1. The summed E-state index contributed by atoms with van der Waals surface area (Å²) in [4.78, 5) is 26.9. The predicted molar refractivity (Wildman–Crippen MR) is 90.2 cm³/mol. The average Bonchev–Trinajstić information content (AvgIpc) is 2.47. The van der Waals surface area contributed by atoms with Gasteiger partial charge in [-0.3, -0.25) is 9.59 Å². The number of H-pyrrole nitrogens is 1. The molecule has 0 aliphatic rings. The molecule has 2 rings (SSSR count). The highest BCUT2D eigenvalue weighted by Crippen LogP contribution is 2.15. The van der Waals surface area contributed by atoms with Gasteiger partial charge in [0.25, 0.3) is 11.5 Å². The Morgan fingerprint density at radius 2 is 1.82 bits per heavy atom. The van der Waals surface area contributed by atoms with Crippen LogP contribution in [0.4, 0.5) is 0 Å². The highest BCUT2D eigenvalue weighted by Gasteiger charge is 2.14. The van der Waals surface area contributed by atoms with Gasteiger partial charge < -0.3 is 10.3 Å². The molecule has 0 aliphatic heterocycles. The minimum atomic E-state index is -0.169. The van der Waals surface area contributed by atoms with Crippen molar-refractivity contribution in [2.24, 2.45) is 5.92 Å². The molecule has 0 aliphatic carbocycles. The number of rotatable bonds is 6. The molecule has 4 heteroatoms. The Hall–Kier alpha value is -2.10. The van der Waals surface area contributed by atoms with Crippen molar-refractivity contribution in [3.8, 4) is 0 Å². The van der Waals surface area contributed by atoms with Crippen LogP contribution in [0.5, 0.6) is 0 Å². The molecule has 1 amide bonds. The van der Waals surface area contributed by atoms with Crippen molar-refractivity contribution in [3.05, 3.63) is 46.4 Å². The van der Waals surface area contributed by atoms with Crippen LogP contribution in [0.2, 0.25) is 0 Å². The summed E-state index contributed by atoms with van der Waals surface area (Å²) in [5.41, 5.74) is 0.350. The number of benzene rings is 1. The largest absolute Gasteiger partial charge is 0.350 e. The van der Waals surface area contributed by atoms with Crippen LogP contribution >= 0.6 is 0 Å².